The number of rotatable bonds is 9. The van der Waals surface area contributed by atoms with Crippen LogP contribution >= 0.6 is 11.8 Å². The van der Waals surface area contributed by atoms with E-state index in [9.17, 15) is 19.5 Å². The van der Waals surface area contributed by atoms with E-state index in [0.717, 1.165) is 16.7 Å². The van der Waals surface area contributed by atoms with Gasteiger partial charge in [0.2, 0.25) is 5.91 Å². The molecule has 3 amide bonds. The van der Waals surface area contributed by atoms with Crippen LogP contribution in [0.25, 0.3) is 0 Å². The van der Waals surface area contributed by atoms with Gasteiger partial charge < -0.3 is 25.4 Å². The van der Waals surface area contributed by atoms with Crippen molar-refractivity contribution in [3.05, 3.63) is 71.3 Å². The van der Waals surface area contributed by atoms with E-state index >= 15 is 0 Å². The number of aryl methyl sites for hydroxylation is 1. The molecule has 39 heavy (non-hydrogen) atoms. The van der Waals surface area contributed by atoms with Crippen LogP contribution in [0.2, 0.25) is 0 Å². The Hall–Kier alpha value is -3.48. The number of carbonyl (C=O) groups is 3. The molecule has 3 atom stereocenters. The van der Waals surface area contributed by atoms with E-state index in [1.165, 1.54) is 16.7 Å². The molecule has 1 fully saturated rings. The van der Waals surface area contributed by atoms with E-state index in [1.54, 1.807) is 0 Å². The van der Waals surface area contributed by atoms with E-state index in [2.05, 4.69) is 22.5 Å². The normalized spacial score (nSPS) is 17.4. The van der Waals surface area contributed by atoms with Crippen LogP contribution in [-0.4, -0.2) is 63.3 Å². The molecule has 1 aliphatic heterocycles. The molecule has 0 saturated carbocycles. The van der Waals surface area contributed by atoms with Crippen molar-refractivity contribution in [1.82, 2.24) is 15.5 Å². The average molecular weight is 552 g/mol. The highest BCUT2D eigenvalue weighted by molar-refractivity contribution is 8.00. The summed E-state index contributed by atoms with van der Waals surface area (Å²) in [7, 11) is 0. The first kappa shape index (κ1) is 30.1. The zero-order chi connectivity index (χ0) is 28.4. The first-order valence-corrected chi connectivity index (χ1v) is 14.0. The maximum Gasteiger partial charge on any atom is 0.408 e. The van der Waals surface area contributed by atoms with Gasteiger partial charge in [0, 0.05) is 17.7 Å². The fourth-order valence-corrected chi connectivity index (χ4v) is 5.56. The third-order valence-electron chi connectivity index (χ3n) is 6.60. The minimum absolute atomic E-state index is 0.0954. The van der Waals surface area contributed by atoms with Crippen molar-refractivity contribution in [1.29, 1.82) is 0 Å². The third kappa shape index (κ3) is 8.25. The van der Waals surface area contributed by atoms with Gasteiger partial charge in [-0.1, -0.05) is 67.4 Å². The molecule has 0 radical (unpaired) electrons. The minimum atomic E-state index is -1.60. The molecule has 0 aliphatic carbocycles. The van der Waals surface area contributed by atoms with E-state index in [0.29, 0.717) is 13.0 Å². The highest BCUT2D eigenvalue weighted by atomic mass is 32.2. The van der Waals surface area contributed by atoms with Crippen LogP contribution in [0.4, 0.5) is 4.79 Å². The molecule has 0 aromatic heterocycles. The van der Waals surface area contributed by atoms with Crippen LogP contribution in [0, 0.1) is 18.8 Å². The number of carbonyl (C=O) groups excluding carboxylic acids is 3. The Kier molecular flexibility index (Phi) is 10.8. The largest absolute Gasteiger partial charge is 0.436 e. The quantitative estimate of drug-likeness (QED) is 0.413. The van der Waals surface area contributed by atoms with Gasteiger partial charge >= 0.3 is 6.09 Å². The Labute approximate surface area is 234 Å². The van der Waals surface area contributed by atoms with Crippen molar-refractivity contribution in [2.75, 3.05) is 12.5 Å². The standard InChI is InChI=1S/C30H37N3O5S/c1-5-6-12-17-38-29(37)32-24(18-22-14-8-7-9-15-22)25(34)28(36)33-20-39-30(3,4)26(33)27(35)31-19-23-16-11-10-13-21(23)2/h7-11,13-16,24-26,34H,5,17-20H2,1-4H3,(H,31,35)(H,32,37)/t24-,25-,26+/m0/s1. The number of nitrogens with one attached hydrogen (secondary N) is 2. The number of hydrogen-bond donors (Lipinski definition) is 3. The lowest BCUT2D eigenvalue weighted by Crippen LogP contribution is -2.58. The highest BCUT2D eigenvalue weighted by Gasteiger charge is 2.49. The topological polar surface area (TPSA) is 108 Å². The SMILES string of the molecule is CCC#CCOC(=O)N[C@@H](Cc1ccccc1)[C@H](O)C(=O)N1CSC(C)(C)[C@H]1C(=O)NCc1ccccc1C. The van der Waals surface area contributed by atoms with Crippen molar-refractivity contribution in [3.63, 3.8) is 0 Å². The zero-order valence-electron chi connectivity index (χ0n) is 22.9. The first-order valence-electron chi connectivity index (χ1n) is 13.0. The van der Waals surface area contributed by atoms with Crippen molar-refractivity contribution in [3.8, 4) is 11.8 Å². The Morgan fingerprint density at radius 3 is 2.51 bits per heavy atom. The van der Waals surface area contributed by atoms with Crippen molar-refractivity contribution < 1.29 is 24.2 Å². The van der Waals surface area contributed by atoms with Gasteiger partial charge in [-0.2, -0.15) is 0 Å². The molecule has 3 N–H and O–H groups in total. The van der Waals surface area contributed by atoms with Crippen LogP contribution in [0.3, 0.4) is 0 Å². The van der Waals surface area contributed by atoms with Crippen LogP contribution in [0.1, 0.15) is 43.9 Å². The van der Waals surface area contributed by atoms with Gasteiger partial charge in [-0.05, 0) is 43.9 Å². The Balaban J connectivity index is 1.76. The van der Waals surface area contributed by atoms with E-state index < -0.39 is 34.9 Å². The van der Waals surface area contributed by atoms with Gasteiger partial charge in [-0.15, -0.1) is 17.7 Å². The summed E-state index contributed by atoms with van der Waals surface area (Å²) in [4.78, 5) is 40.9. The second kappa shape index (κ2) is 14.1. The Morgan fingerprint density at radius 2 is 1.82 bits per heavy atom. The molecule has 1 heterocycles. The van der Waals surface area contributed by atoms with Crippen molar-refractivity contribution in [2.24, 2.45) is 0 Å². The predicted molar refractivity (Wildman–Crippen MR) is 153 cm³/mol. The number of alkyl carbamates (subject to hydrolysis) is 1. The lowest BCUT2D eigenvalue weighted by molar-refractivity contribution is -0.147. The van der Waals surface area contributed by atoms with Gasteiger partial charge in [-0.3, -0.25) is 9.59 Å². The molecule has 9 heteroatoms. The summed E-state index contributed by atoms with van der Waals surface area (Å²) in [5, 5.41) is 16.8. The lowest BCUT2D eigenvalue weighted by atomic mass is 9.97. The summed E-state index contributed by atoms with van der Waals surface area (Å²) in [6.45, 7) is 7.91. The molecule has 0 bridgehead atoms. The molecule has 1 saturated heterocycles. The van der Waals surface area contributed by atoms with Crippen molar-refractivity contribution in [2.45, 2.75) is 70.0 Å². The Morgan fingerprint density at radius 1 is 1.13 bits per heavy atom. The maximum absolute atomic E-state index is 13.7. The molecule has 2 aromatic rings. The van der Waals surface area contributed by atoms with Crippen molar-refractivity contribution >= 4 is 29.7 Å². The summed E-state index contributed by atoms with van der Waals surface area (Å²) >= 11 is 1.47. The number of aliphatic hydroxyl groups is 1. The van der Waals surface area contributed by atoms with Crippen LogP contribution in [0.5, 0.6) is 0 Å². The predicted octanol–water partition coefficient (Wildman–Crippen LogP) is 3.40. The molecule has 208 valence electrons. The fourth-order valence-electron chi connectivity index (χ4n) is 4.42. The summed E-state index contributed by atoms with van der Waals surface area (Å²) in [5.41, 5.74) is 2.87. The zero-order valence-corrected chi connectivity index (χ0v) is 23.7. The molecule has 0 spiro atoms. The fraction of sp³-hybridized carbons (Fsp3) is 0.433. The van der Waals surface area contributed by atoms with Gasteiger partial charge in [0.05, 0.1) is 11.9 Å². The third-order valence-corrected chi connectivity index (χ3v) is 7.98. The molecule has 8 nitrogen and oxygen atoms in total. The lowest BCUT2D eigenvalue weighted by Gasteiger charge is -2.33. The highest BCUT2D eigenvalue weighted by Crippen LogP contribution is 2.40. The second-order valence-corrected chi connectivity index (χ2v) is 11.5. The molecular formula is C30H37N3O5S. The van der Waals surface area contributed by atoms with Gasteiger partial charge in [0.25, 0.3) is 5.91 Å². The van der Waals surface area contributed by atoms with E-state index in [1.807, 2.05) is 82.3 Å². The van der Waals surface area contributed by atoms with Crippen LogP contribution in [-0.2, 0) is 27.3 Å². The molecule has 2 aromatic carbocycles. The molecule has 0 unspecified atom stereocenters. The van der Waals surface area contributed by atoms with Crippen LogP contribution < -0.4 is 10.6 Å². The van der Waals surface area contributed by atoms with Gasteiger partial charge in [0.1, 0.15) is 6.04 Å². The molecule has 3 rings (SSSR count). The number of aliphatic hydroxyl groups excluding tert-OH is 1. The summed E-state index contributed by atoms with van der Waals surface area (Å²) in [6.07, 6.45) is -1.55. The number of benzene rings is 2. The van der Waals surface area contributed by atoms with Crippen LogP contribution in [0.15, 0.2) is 54.6 Å². The minimum Gasteiger partial charge on any atom is -0.436 e. The first-order chi connectivity index (χ1) is 18.6. The summed E-state index contributed by atoms with van der Waals surface area (Å²) < 4.78 is 4.54. The number of amides is 3. The molecule has 1 aliphatic rings. The number of hydrogen-bond acceptors (Lipinski definition) is 6. The van der Waals surface area contributed by atoms with Gasteiger partial charge in [0.15, 0.2) is 12.7 Å². The smallest absolute Gasteiger partial charge is 0.408 e. The average Bonchev–Trinajstić information content (AvgIpc) is 3.24. The summed E-state index contributed by atoms with van der Waals surface area (Å²) in [6, 6.07) is 15.2. The number of ether oxygens (including phenoxy) is 1. The monoisotopic (exact) mass is 551 g/mol. The van der Waals surface area contributed by atoms with Gasteiger partial charge in [-0.25, -0.2) is 4.79 Å². The number of nitrogens with zero attached hydrogens (tertiary/aromatic N) is 1. The second-order valence-electron chi connectivity index (χ2n) is 9.90. The molecular weight excluding hydrogens is 514 g/mol. The maximum atomic E-state index is 13.7. The Bertz CT molecular complexity index is 1210. The number of thioether (sulfide) groups is 1. The summed E-state index contributed by atoms with van der Waals surface area (Å²) in [5.74, 6) is 4.85. The van der Waals surface area contributed by atoms with E-state index in [4.69, 9.17) is 4.74 Å². The van der Waals surface area contributed by atoms with E-state index in [-0.39, 0.29) is 24.8 Å².